The van der Waals surface area contributed by atoms with Gasteiger partial charge in [-0.05, 0) is 12.1 Å². The Morgan fingerprint density at radius 3 is 1.42 bits per heavy atom. The number of carbonyl (C=O) groups excluding carboxylic acids is 1. The second-order valence-corrected chi connectivity index (χ2v) is 7.15. The fraction of sp³-hybridized carbons (Fsp3) is 0.588. The molecule has 1 aromatic carbocycles. The largest absolute Gasteiger partial charge is 0.384 e. The Balaban J connectivity index is 1.97. The fourth-order valence-electron chi connectivity index (χ4n) is 3.51. The van der Waals surface area contributed by atoms with Gasteiger partial charge in [0.15, 0.2) is 0 Å². The van der Waals surface area contributed by atoms with Crippen LogP contribution in [-0.4, -0.2) is 72.3 Å². The van der Waals surface area contributed by atoms with E-state index in [9.17, 15) is 53.1 Å². The molecule has 14 heteroatoms. The number of rotatable bonds is 2. The van der Waals surface area contributed by atoms with Crippen molar-refractivity contribution < 1.29 is 53.1 Å². The van der Waals surface area contributed by atoms with Gasteiger partial charge in [0.25, 0.3) is 5.91 Å². The average molecular weight is 470 g/mol. The van der Waals surface area contributed by atoms with E-state index in [0.29, 0.717) is 5.69 Å². The molecule has 3 rings (SSSR count). The van der Waals surface area contributed by atoms with Crippen molar-refractivity contribution in [3.63, 3.8) is 0 Å². The molecule has 0 radical (unpaired) electrons. The molecule has 2 aliphatic rings. The lowest BCUT2D eigenvalue weighted by atomic mass is 9.71. The molecule has 31 heavy (non-hydrogen) atoms. The molecule has 0 unspecified atom stereocenters. The topological polar surface area (TPSA) is 23.6 Å². The van der Waals surface area contributed by atoms with E-state index < -0.39 is 54.3 Å². The minimum absolute atomic E-state index is 0.0864. The number of hydrogen-bond donors (Lipinski definition) is 0. The van der Waals surface area contributed by atoms with E-state index in [1.807, 2.05) is 0 Å². The number of para-hydroxylation sites is 1. The molecule has 0 aromatic heterocycles. The van der Waals surface area contributed by atoms with Crippen molar-refractivity contribution in [3.05, 3.63) is 30.3 Å². The highest BCUT2D eigenvalue weighted by Crippen LogP contribution is 2.69. The van der Waals surface area contributed by atoms with Gasteiger partial charge in [-0.1, -0.05) is 18.2 Å². The third-order valence-corrected chi connectivity index (χ3v) is 5.43. The minimum Gasteiger partial charge on any atom is -0.368 e. The first kappa shape index (κ1) is 23.4. The van der Waals surface area contributed by atoms with Crippen LogP contribution >= 0.6 is 0 Å². The first-order valence-corrected chi connectivity index (χ1v) is 8.66. The van der Waals surface area contributed by atoms with Crippen molar-refractivity contribution >= 4 is 11.6 Å². The number of amides is 1. The molecule has 1 saturated carbocycles. The van der Waals surface area contributed by atoms with Crippen molar-refractivity contribution in [3.8, 4) is 0 Å². The number of hydrogen-bond acceptors (Lipinski definition) is 2. The zero-order chi connectivity index (χ0) is 23.7. The van der Waals surface area contributed by atoms with Crippen LogP contribution in [0.4, 0.5) is 54.0 Å². The van der Waals surface area contributed by atoms with Gasteiger partial charge in [0, 0.05) is 31.9 Å². The van der Waals surface area contributed by atoms with Crippen molar-refractivity contribution in [2.75, 3.05) is 31.1 Å². The average Bonchev–Trinajstić information content (AvgIpc) is 2.71. The molecule has 1 saturated heterocycles. The molecule has 3 nitrogen and oxygen atoms in total. The van der Waals surface area contributed by atoms with E-state index in [1.54, 1.807) is 30.3 Å². The van der Waals surface area contributed by atoms with E-state index in [-0.39, 0.29) is 18.0 Å². The maximum Gasteiger partial charge on any atom is 0.384 e. The van der Waals surface area contributed by atoms with E-state index in [4.69, 9.17) is 0 Å². The predicted octanol–water partition coefficient (Wildman–Crippen LogP) is 4.23. The van der Waals surface area contributed by atoms with Crippen LogP contribution in [0.15, 0.2) is 30.3 Å². The Kier molecular flexibility index (Phi) is 4.99. The van der Waals surface area contributed by atoms with Gasteiger partial charge in [-0.15, -0.1) is 0 Å². The molecule has 0 spiro atoms. The van der Waals surface area contributed by atoms with E-state index >= 15 is 0 Å². The zero-order valence-electron chi connectivity index (χ0n) is 15.2. The van der Waals surface area contributed by atoms with Crippen LogP contribution in [0.5, 0.6) is 0 Å². The van der Waals surface area contributed by atoms with Crippen LogP contribution in [0.25, 0.3) is 0 Å². The monoisotopic (exact) mass is 470 g/mol. The summed E-state index contributed by atoms with van der Waals surface area (Å²) in [6, 6.07) is 7.97. The number of carbonyl (C=O) groups is 1. The van der Waals surface area contributed by atoms with Crippen LogP contribution in [0, 0.1) is 0 Å². The van der Waals surface area contributed by atoms with Gasteiger partial charge in [-0.2, -0.15) is 43.9 Å². The Morgan fingerprint density at radius 1 is 0.613 bits per heavy atom. The Hall–Kier alpha value is -2.28. The molecule has 0 atom stereocenters. The Labute approximate surface area is 167 Å². The van der Waals surface area contributed by atoms with E-state index in [2.05, 4.69) is 0 Å². The van der Waals surface area contributed by atoms with Crippen molar-refractivity contribution in [2.24, 2.45) is 0 Å². The van der Waals surface area contributed by atoms with Crippen LogP contribution in [0.3, 0.4) is 0 Å². The van der Waals surface area contributed by atoms with Gasteiger partial charge in [-0.3, -0.25) is 4.79 Å². The first-order valence-electron chi connectivity index (χ1n) is 8.66. The number of piperazine rings is 1. The number of alkyl halides is 11. The van der Waals surface area contributed by atoms with Gasteiger partial charge in [-0.25, -0.2) is 4.39 Å². The molecule has 1 aliphatic heterocycles. The van der Waals surface area contributed by atoms with Crippen LogP contribution in [0.1, 0.15) is 0 Å². The third-order valence-electron chi connectivity index (χ3n) is 5.43. The van der Waals surface area contributed by atoms with Gasteiger partial charge in [0.1, 0.15) is 0 Å². The summed E-state index contributed by atoms with van der Waals surface area (Å²) in [7, 11) is 0. The smallest absolute Gasteiger partial charge is 0.368 e. The molecule has 1 amide bonds. The zero-order valence-corrected chi connectivity index (χ0v) is 15.2. The van der Waals surface area contributed by atoms with E-state index in [0.717, 1.165) is 0 Å². The summed E-state index contributed by atoms with van der Waals surface area (Å²) in [5.41, 5.74) is -6.10. The summed E-state index contributed by atoms with van der Waals surface area (Å²) >= 11 is 0. The molecule has 2 fully saturated rings. The second-order valence-electron chi connectivity index (χ2n) is 7.15. The lowest BCUT2D eigenvalue weighted by Gasteiger charge is -2.52. The summed E-state index contributed by atoms with van der Waals surface area (Å²) in [6.45, 7) is -2.16. The van der Waals surface area contributed by atoms with E-state index in [1.165, 1.54) is 4.90 Å². The lowest BCUT2D eigenvalue weighted by Crippen LogP contribution is -2.86. The SMILES string of the molecule is O=C(N1CCN(c2ccccc2)CC1)C1(F)C(F)(F)C(F)(F)C(F)(F)C(F)(F)C1(F)F. The molecule has 174 valence electrons. The van der Waals surface area contributed by atoms with Crippen molar-refractivity contribution in [2.45, 2.75) is 35.3 Å². The highest BCUT2D eigenvalue weighted by molar-refractivity contribution is 5.89. The van der Waals surface area contributed by atoms with Gasteiger partial charge in [0.05, 0.1) is 0 Å². The number of benzene rings is 1. The number of anilines is 1. The van der Waals surface area contributed by atoms with Crippen LogP contribution in [-0.2, 0) is 4.79 Å². The first-order chi connectivity index (χ1) is 14.0. The lowest BCUT2D eigenvalue weighted by molar-refractivity contribution is -0.477. The highest BCUT2D eigenvalue weighted by Gasteiger charge is 3.03. The molecule has 0 N–H and O–H groups in total. The van der Waals surface area contributed by atoms with Crippen LogP contribution in [0.2, 0.25) is 0 Å². The summed E-state index contributed by atoms with van der Waals surface area (Å²) in [4.78, 5) is 13.6. The normalized spacial score (nSPS) is 27.6. The summed E-state index contributed by atoms with van der Waals surface area (Å²) < 4.78 is 152. The van der Waals surface area contributed by atoms with Crippen molar-refractivity contribution in [1.82, 2.24) is 4.90 Å². The second kappa shape index (κ2) is 6.61. The maximum absolute atomic E-state index is 14.9. The molecule has 1 aliphatic carbocycles. The van der Waals surface area contributed by atoms with Crippen LogP contribution < -0.4 is 4.90 Å². The summed E-state index contributed by atoms with van der Waals surface area (Å²) in [5, 5.41) is 0. The summed E-state index contributed by atoms with van der Waals surface area (Å²) in [5.74, 6) is -39.3. The number of nitrogens with zero attached hydrogens (tertiary/aromatic N) is 2. The van der Waals surface area contributed by atoms with Gasteiger partial charge in [0.2, 0.25) is 0 Å². The highest BCUT2D eigenvalue weighted by atomic mass is 19.4. The maximum atomic E-state index is 14.9. The molecular weight excluding hydrogens is 457 g/mol. The minimum atomic E-state index is -7.34. The number of halogens is 11. The molecular formula is C17H13F11N2O. The Bertz CT molecular complexity index is 821. The quantitative estimate of drug-likeness (QED) is 0.605. The Morgan fingerprint density at radius 2 is 1.00 bits per heavy atom. The van der Waals surface area contributed by atoms with Gasteiger partial charge >= 0.3 is 35.3 Å². The fourth-order valence-corrected chi connectivity index (χ4v) is 3.51. The summed E-state index contributed by atoms with van der Waals surface area (Å²) in [6.07, 6.45) is 0. The predicted molar refractivity (Wildman–Crippen MR) is 83.8 cm³/mol. The molecule has 0 bridgehead atoms. The standard InChI is InChI=1S/C17H13F11N2O/c18-12(11(31)30-8-6-29(7-9-30)10-4-2-1-3-5-10)13(19,20)15(23,24)17(27,28)16(25,26)14(12,21)22/h1-5H,6-9H2. The molecule has 1 heterocycles. The van der Waals surface area contributed by atoms with Gasteiger partial charge < -0.3 is 9.80 Å². The third kappa shape index (κ3) is 2.62. The molecule has 1 aromatic rings. The van der Waals surface area contributed by atoms with Crippen molar-refractivity contribution in [1.29, 1.82) is 0 Å².